The molecule has 0 saturated carbocycles. The lowest BCUT2D eigenvalue weighted by atomic mass is 9.98. The Labute approximate surface area is 125 Å². The summed E-state index contributed by atoms with van der Waals surface area (Å²) in [6.07, 6.45) is 0. The fourth-order valence-electron chi connectivity index (χ4n) is 2.24. The first-order valence-electron chi connectivity index (χ1n) is 7.07. The largest absolute Gasteiger partial charge is 0.368 e. The molecular weight excluding hydrogens is 260 g/mol. The van der Waals surface area contributed by atoms with Crippen molar-refractivity contribution < 1.29 is 4.79 Å². The van der Waals surface area contributed by atoms with Crippen LogP contribution in [0.15, 0.2) is 65.7 Å². The molecule has 0 fully saturated rings. The van der Waals surface area contributed by atoms with Crippen LogP contribution in [-0.4, -0.2) is 11.6 Å². The van der Waals surface area contributed by atoms with E-state index < -0.39 is 11.9 Å². The summed E-state index contributed by atoms with van der Waals surface area (Å²) in [5, 5.41) is 0. The maximum absolute atomic E-state index is 11.8. The van der Waals surface area contributed by atoms with E-state index in [0.29, 0.717) is 0 Å². The Bertz CT molecular complexity index is 618. The summed E-state index contributed by atoms with van der Waals surface area (Å²) in [7, 11) is 0. The Kier molecular flexibility index (Phi) is 4.88. The molecule has 0 radical (unpaired) electrons. The smallest absolute Gasteiger partial charge is 0.246 e. The van der Waals surface area contributed by atoms with Gasteiger partial charge in [-0.05, 0) is 17.0 Å². The zero-order chi connectivity index (χ0) is 15.2. The SMILES string of the molecule is CC(C)C(=NC(C(N)=O)c1ccccc1)c1ccccc1. The van der Waals surface area contributed by atoms with Crippen molar-refractivity contribution in [1.82, 2.24) is 0 Å². The predicted molar refractivity (Wildman–Crippen MR) is 86.2 cm³/mol. The van der Waals surface area contributed by atoms with Gasteiger partial charge in [0.25, 0.3) is 0 Å². The molecule has 1 amide bonds. The van der Waals surface area contributed by atoms with Crippen molar-refractivity contribution >= 4 is 11.6 Å². The Morgan fingerprint density at radius 1 is 0.952 bits per heavy atom. The molecule has 2 aromatic rings. The summed E-state index contributed by atoms with van der Waals surface area (Å²) >= 11 is 0. The van der Waals surface area contributed by atoms with Crippen molar-refractivity contribution in [2.75, 3.05) is 0 Å². The molecule has 1 unspecified atom stereocenters. The highest BCUT2D eigenvalue weighted by Gasteiger charge is 2.19. The zero-order valence-corrected chi connectivity index (χ0v) is 12.4. The van der Waals surface area contributed by atoms with Crippen LogP contribution in [0, 0.1) is 5.92 Å². The molecule has 108 valence electrons. The predicted octanol–water partition coefficient (Wildman–Crippen LogP) is 3.36. The Morgan fingerprint density at radius 2 is 1.48 bits per heavy atom. The van der Waals surface area contributed by atoms with Gasteiger partial charge in [-0.1, -0.05) is 74.5 Å². The quantitative estimate of drug-likeness (QED) is 0.839. The van der Waals surface area contributed by atoms with Gasteiger partial charge in [-0.25, -0.2) is 0 Å². The summed E-state index contributed by atoms with van der Waals surface area (Å²) < 4.78 is 0. The minimum atomic E-state index is -0.649. The molecular formula is C18H20N2O. The average Bonchev–Trinajstić information content (AvgIpc) is 2.49. The maximum Gasteiger partial charge on any atom is 0.246 e. The van der Waals surface area contributed by atoms with Crippen molar-refractivity contribution in [2.45, 2.75) is 19.9 Å². The second kappa shape index (κ2) is 6.84. The molecule has 0 aromatic heterocycles. The van der Waals surface area contributed by atoms with E-state index in [0.717, 1.165) is 16.8 Å². The highest BCUT2D eigenvalue weighted by molar-refractivity contribution is 6.03. The number of aliphatic imine (C=N–C) groups is 1. The van der Waals surface area contributed by atoms with Crippen molar-refractivity contribution in [1.29, 1.82) is 0 Å². The lowest BCUT2D eigenvalue weighted by Crippen LogP contribution is -2.22. The molecule has 0 aliphatic rings. The Balaban J connectivity index is 2.46. The summed E-state index contributed by atoms with van der Waals surface area (Å²) in [5.74, 6) is -0.228. The van der Waals surface area contributed by atoms with Crippen molar-refractivity contribution in [3.63, 3.8) is 0 Å². The number of primary amides is 1. The molecule has 1 atom stereocenters. The maximum atomic E-state index is 11.8. The van der Waals surface area contributed by atoms with Crippen molar-refractivity contribution in [2.24, 2.45) is 16.6 Å². The number of hydrogen-bond acceptors (Lipinski definition) is 2. The van der Waals surface area contributed by atoms with Gasteiger partial charge in [0.2, 0.25) is 5.91 Å². The van der Waals surface area contributed by atoms with Crippen molar-refractivity contribution in [3.8, 4) is 0 Å². The summed E-state index contributed by atoms with van der Waals surface area (Å²) in [4.78, 5) is 16.5. The first-order valence-corrected chi connectivity index (χ1v) is 7.07. The number of rotatable bonds is 5. The van der Waals surface area contributed by atoms with E-state index in [-0.39, 0.29) is 5.92 Å². The van der Waals surface area contributed by atoms with E-state index in [1.807, 2.05) is 60.7 Å². The van der Waals surface area contributed by atoms with Crippen LogP contribution in [0.5, 0.6) is 0 Å². The molecule has 2 aromatic carbocycles. The highest BCUT2D eigenvalue weighted by Crippen LogP contribution is 2.20. The third kappa shape index (κ3) is 3.78. The lowest BCUT2D eigenvalue weighted by Gasteiger charge is -2.15. The second-order valence-electron chi connectivity index (χ2n) is 5.25. The fourth-order valence-corrected chi connectivity index (χ4v) is 2.24. The standard InChI is InChI=1S/C18H20N2O/c1-13(2)16(14-9-5-3-6-10-14)20-17(18(19)21)15-11-7-4-8-12-15/h3-13,17H,1-2H3,(H2,19,21). The molecule has 0 spiro atoms. The monoisotopic (exact) mass is 280 g/mol. The molecule has 3 heteroatoms. The van der Waals surface area contributed by atoms with Gasteiger partial charge in [0.15, 0.2) is 6.04 Å². The molecule has 3 nitrogen and oxygen atoms in total. The van der Waals surface area contributed by atoms with Crippen LogP contribution in [0.3, 0.4) is 0 Å². The first kappa shape index (κ1) is 15.0. The molecule has 21 heavy (non-hydrogen) atoms. The highest BCUT2D eigenvalue weighted by atomic mass is 16.1. The summed E-state index contributed by atoms with van der Waals surface area (Å²) in [5.41, 5.74) is 8.28. The zero-order valence-electron chi connectivity index (χ0n) is 12.4. The van der Waals surface area contributed by atoms with E-state index in [4.69, 9.17) is 5.73 Å². The summed E-state index contributed by atoms with van der Waals surface area (Å²) in [6, 6.07) is 18.7. The van der Waals surface area contributed by atoms with E-state index in [2.05, 4.69) is 18.8 Å². The Hall–Kier alpha value is -2.42. The van der Waals surface area contributed by atoms with Crippen molar-refractivity contribution in [3.05, 3.63) is 71.8 Å². The third-order valence-corrected chi connectivity index (χ3v) is 3.27. The van der Waals surface area contributed by atoms with E-state index >= 15 is 0 Å². The van der Waals surface area contributed by atoms with E-state index in [9.17, 15) is 4.79 Å². The lowest BCUT2D eigenvalue weighted by molar-refractivity contribution is -0.119. The van der Waals surface area contributed by atoms with Gasteiger partial charge < -0.3 is 5.73 Å². The minimum absolute atomic E-state index is 0.206. The average molecular weight is 280 g/mol. The molecule has 0 bridgehead atoms. The van der Waals surface area contributed by atoms with Gasteiger partial charge in [0, 0.05) is 5.71 Å². The molecule has 2 rings (SSSR count). The van der Waals surface area contributed by atoms with Gasteiger partial charge in [-0.15, -0.1) is 0 Å². The topological polar surface area (TPSA) is 55.4 Å². The van der Waals surface area contributed by atoms with Crippen LogP contribution in [0.1, 0.15) is 31.0 Å². The van der Waals surface area contributed by atoms with Gasteiger partial charge >= 0.3 is 0 Å². The number of nitrogens with two attached hydrogens (primary N) is 1. The number of nitrogens with zero attached hydrogens (tertiary/aromatic N) is 1. The number of hydrogen-bond donors (Lipinski definition) is 1. The van der Waals surface area contributed by atoms with Gasteiger partial charge in [-0.3, -0.25) is 9.79 Å². The number of carbonyl (C=O) groups excluding carboxylic acids is 1. The second-order valence-corrected chi connectivity index (χ2v) is 5.25. The van der Waals surface area contributed by atoms with Crippen LogP contribution in [-0.2, 0) is 4.79 Å². The summed E-state index contributed by atoms with van der Waals surface area (Å²) in [6.45, 7) is 4.13. The first-order chi connectivity index (χ1) is 10.1. The van der Waals surface area contributed by atoms with Crippen LogP contribution in [0.4, 0.5) is 0 Å². The molecule has 2 N–H and O–H groups in total. The van der Waals surface area contributed by atoms with Crippen LogP contribution >= 0.6 is 0 Å². The van der Waals surface area contributed by atoms with Gasteiger partial charge in [0.05, 0.1) is 0 Å². The van der Waals surface area contributed by atoms with Crippen LogP contribution in [0.2, 0.25) is 0 Å². The van der Waals surface area contributed by atoms with Gasteiger partial charge in [-0.2, -0.15) is 0 Å². The molecule has 0 aliphatic carbocycles. The molecule has 0 aliphatic heterocycles. The fraction of sp³-hybridized carbons (Fsp3) is 0.222. The normalized spacial score (nSPS) is 13.2. The van der Waals surface area contributed by atoms with Crippen LogP contribution in [0.25, 0.3) is 0 Å². The molecule has 0 heterocycles. The third-order valence-electron chi connectivity index (χ3n) is 3.27. The Morgan fingerprint density at radius 3 is 1.95 bits per heavy atom. The van der Waals surface area contributed by atoms with Crippen LogP contribution < -0.4 is 5.73 Å². The van der Waals surface area contributed by atoms with E-state index in [1.165, 1.54) is 0 Å². The van der Waals surface area contributed by atoms with Gasteiger partial charge in [0.1, 0.15) is 0 Å². The number of benzene rings is 2. The van der Waals surface area contributed by atoms with E-state index in [1.54, 1.807) is 0 Å². The number of amides is 1. The number of carbonyl (C=O) groups is 1. The molecule has 0 saturated heterocycles. The minimum Gasteiger partial charge on any atom is -0.368 e.